The van der Waals surface area contributed by atoms with Crippen molar-refractivity contribution in [3.63, 3.8) is 0 Å². The quantitative estimate of drug-likeness (QED) is 0.672. The maximum absolute atomic E-state index is 10.9. The Morgan fingerprint density at radius 1 is 1.58 bits per heavy atom. The normalized spacial score (nSPS) is 14.8. The van der Waals surface area contributed by atoms with Gasteiger partial charge in [0.1, 0.15) is 10.8 Å². The molecule has 100 valence electrons. The lowest BCUT2D eigenvalue weighted by atomic mass is 10.6. The summed E-state index contributed by atoms with van der Waals surface area (Å²) in [6.07, 6.45) is 2.07. The third-order valence-corrected chi connectivity index (χ3v) is 4.87. The Morgan fingerprint density at radius 3 is 3.00 bits per heavy atom. The van der Waals surface area contributed by atoms with E-state index in [1.54, 1.807) is 5.38 Å². The molecule has 1 fully saturated rings. The maximum atomic E-state index is 10.9. The van der Waals surface area contributed by atoms with E-state index >= 15 is 0 Å². The third-order valence-electron chi connectivity index (χ3n) is 2.78. The van der Waals surface area contributed by atoms with Crippen LogP contribution in [0.2, 0.25) is 0 Å². The highest BCUT2D eigenvalue weighted by Gasteiger charge is 2.30. The number of aliphatic hydroxyl groups excluding tert-OH is 1. The van der Waals surface area contributed by atoms with Gasteiger partial charge >= 0.3 is 0 Å². The molecule has 7 nitrogen and oxygen atoms in total. The van der Waals surface area contributed by atoms with E-state index in [0.717, 1.165) is 12.8 Å². The largest absolute Gasteiger partial charge is 0.388 e. The minimum absolute atomic E-state index is 0.0888. The molecule has 0 unspecified atom stereocenters. The average molecular weight is 298 g/mol. The van der Waals surface area contributed by atoms with Crippen LogP contribution in [0.25, 0.3) is 0 Å². The van der Waals surface area contributed by atoms with Crippen LogP contribution in [0.15, 0.2) is 20.8 Å². The molecule has 3 rings (SSSR count). The second-order valence-corrected chi connectivity index (χ2v) is 6.26. The van der Waals surface area contributed by atoms with Crippen LogP contribution >= 0.6 is 23.1 Å². The lowest BCUT2D eigenvalue weighted by Crippen LogP contribution is -2.02. The van der Waals surface area contributed by atoms with Crippen molar-refractivity contribution in [3.8, 4) is 0 Å². The fourth-order valence-corrected chi connectivity index (χ4v) is 3.78. The van der Waals surface area contributed by atoms with E-state index in [4.69, 9.17) is 0 Å². The summed E-state index contributed by atoms with van der Waals surface area (Å²) >= 11 is 2.54. The van der Waals surface area contributed by atoms with E-state index in [2.05, 4.69) is 10.2 Å². The SMILES string of the molecule is O=[N+]([O-])c1ccsc1Sc1nnc(CO)n1C1CC1. The van der Waals surface area contributed by atoms with Gasteiger partial charge in [-0.3, -0.25) is 10.1 Å². The van der Waals surface area contributed by atoms with Crippen molar-refractivity contribution in [2.75, 3.05) is 0 Å². The summed E-state index contributed by atoms with van der Waals surface area (Å²) in [6, 6.07) is 1.80. The van der Waals surface area contributed by atoms with Gasteiger partial charge in [-0.25, -0.2) is 0 Å². The number of thiophene rings is 1. The van der Waals surface area contributed by atoms with Crippen LogP contribution in [-0.4, -0.2) is 24.8 Å². The number of nitro groups is 1. The number of aromatic nitrogens is 3. The summed E-state index contributed by atoms with van der Waals surface area (Å²) in [6.45, 7) is -0.170. The highest BCUT2D eigenvalue weighted by atomic mass is 32.2. The molecular formula is C10H10N4O3S2. The molecule has 1 aliphatic rings. The standard InChI is InChI=1S/C10H10N4O3S2/c15-5-8-11-12-10(13(8)6-1-2-6)19-9-7(14(16)17)3-4-18-9/h3-4,6,15H,1-2,5H2. The second-order valence-electron chi connectivity index (χ2n) is 4.11. The Bertz CT molecular complexity index is 620. The summed E-state index contributed by atoms with van der Waals surface area (Å²) in [5, 5.41) is 30.4. The zero-order valence-electron chi connectivity index (χ0n) is 9.72. The minimum Gasteiger partial charge on any atom is -0.388 e. The summed E-state index contributed by atoms with van der Waals surface area (Å²) < 4.78 is 2.47. The first-order valence-electron chi connectivity index (χ1n) is 5.65. The Labute approximate surface area is 116 Å². The van der Waals surface area contributed by atoms with Gasteiger partial charge in [0.2, 0.25) is 0 Å². The number of rotatable bonds is 5. The van der Waals surface area contributed by atoms with Crippen LogP contribution in [0.3, 0.4) is 0 Å². The fraction of sp³-hybridized carbons (Fsp3) is 0.400. The lowest BCUT2D eigenvalue weighted by Gasteiger charge is -2.05. The topological polar surface area (TPSA) is 94.1 Å². The monoisotopic (exact) mass is 298 g/mol. The van der Waals surface area contributed by atoms with Crippen LogP contribution < -0.4 is 0 Å². The molecule has 0 aliphatic heterocycles. The molecule has 1 saturated carbocycles. The zero-order valence-corrected chi connectivity index (χ0v) is 11.4. The molecule has 9 heteroatoms. The maximum Gasteiger partial charge on any atom is 0.294 e. The molecule has 1 aliphatic carbocycles. The van der Waals surface area contributed by atoms with E-state index in [-0.39, 0.29) is 12.3 Å². The first-order chi connectivity index (χ1) is 9.20. The van der Waals surface area contributed by atoms with E-state index < -0.39 is 4.92 Å². The van der Waals surface area contributed by atoms with Gasteiger partial charge in [0.05, 0.1) is 4.92 Å². The molecule has 2 heterocycles. The van der Waals surface area contributed by atoms with Gasteiger partial charge in [-0.15, -0.1) is 21.5 Å². The van der Waals surface area contributed by atoms with Gasteiger partial charge < -0.3 is 9.67 Å². The Morgan fingerprint density at radius 2 is 2.37 bits per heavy atom. The van der Waals surface area contributed by atoms with Crippen molar-refractivity contribution in [2.24, 2.45) is 0 Å². The molecule has 0 bridgehead atoms. The van der Waals surface area contributed by atoms with Crippen molar-refractivity contribution in [3.05, 3.63) is 27.4 Å². The van der Waals surface area contributed by atoms with Crippen LogP contribution in [0, 0.1) is 10.1 Å². The number of hydrogen-bond acceptors (Lipinski definition) is 7. The summed E-state index contributed by atoms with van der Waals surface area (Å²) in [5.74, 6) is 0.518. The lowest BCUT2D eigenvalue weighted by molar-refractivity contribution is -0.387. The van der Waals surface area contributed by atoms with Gasteiger partial charge in [0, 0.05) is 12.1 Å². The molecule has 19 heavy (non-hydrogen) atoms. The second kappa shape index (κ2) is 4.91. The Balaban J connectivity index is 1.93. The van der Waals surface area contributed by atoms with Gasteiger partial charge in [-0.2, -0.15) is 0 Å². The van der Waals surface area contributed by atoms with Crippen LogP contribution in [0.4, 0.5) is 5.69 Å². The van der Waals surface area contributed by atoms with Crippen molar-refractivity contribution >= 4 is 28.8 Å². The van der Waals surface area contributed by atoms with Crippen LogP contribution in [0.5, 0.6) is 0 Å². The molecule has 0 amide bonds. The average Bonchev–Trinajstić information content (AvgIpc) is 2.98. The highest BCUT2D eigenvalue weighted by molar-refractivity contribution is 8.01. The predicted molar refractivity (Wildman–Crippen MR) is 69.3 cm³/mol. The van der Waals surface area contributed by atoms with Gasteiger partial charge in [0.25, 0.3) is 5.69 Å². The molecule has 1 N–H and O–H groups in total. The van der Waals surface area contributed by atoms with E-state index in [9.17, 15) is 15.2 Å². The van der Waals surface area contributed by atoms with Crippen molar-refractivity contribution in [2.45, 2.75) is 34.9 Å². The fourth-order valence-electron chi connectivity index (χ4n) is 1.77. The molecule has 0 spiro atoms. The van der Waals surface area contributed by atoms with Crippen LogP contribution in [0.1, 0.15) is 24.7 Å². The predicted octanol–water partition coefficient (Wildman–Crippen LogP) is 2.23. The number of nitrogens with zero attached hydrogens (tertiary/aromatic N) is 4. The minimum atomic E-state index is -0.399. The molecule has 2 aromatic heterocycles. The Hall–Kier alpha value is -1.45. The molecular weight excluding hydrogens is 288 g/mol. The van der Waals surface area contributed by atoms with Gasteiger partial charge in [-0.05, 0) is 30.0 Å². The first-order valence-corrected chi connectivity index (χ1v) is 7.34. The zero-order chi connectivity index (χ0) is 13.4. The first kappa shape index (κ1) is 12.6. The molecule has 0 saturated heterocycles. The van der Waals surface area contributed by atoms with Crippen LogP contribution in [-0.2, 0) is 6.61 Å². The highest BCUT2D eigenvalue weighted by Crippen LogP contribution is 2.43. The van der Waals surface area contributed by atoms with Crippen molar-refractivity contribution in [1.82, 2.24) is 14.8 Å². The number of hydrogen-bond donors (Lipinski definition) is 1. The molecule has 2 aromatic rings. The van der Waals surface area contributed by atoms with E-state index in [0.29, 0.717) is 21.2 Å². The smallest absolute Gasteiger partial charge is 0.294 e. The molecule has 0 aromatic carbocycles. The van der Waals surface area contributed by atoms with Gasteiger partial charge in [-0.1, -0.05) is 0 Å². The Kier molecular flexibility index (Phi) is 3.25. The summed E-state index contributed by atoms with van der Waals surface area (Å²) in [4.78, 5) is 10.5. The summed E-state index contributed by atoms with van der Waals surface area (Å²) in [5.41, 5.74) is 0.0888. The van der Waals surface area contributed by atoms with Gasteiger partial charge in [0.15, 0.2) is 11.0 Å². The third kappa shape index (κ3) is 2.36. The van der Waals surface area contributed by atoms with E-state index in [1.165, 1.54) is 29.2 Å². The summed E-state index contributed by atoms with van der Waals surface area (Å²) in [7, 11) is 0. The van der Waals surface area contributed by atoms with E-state index in [1.807, 2.05) is 4.57 Å². The molecule has 0 atom stereocenters. The van der Waals surface area contributed by atoms with Crippen molar-refractivity contribution < 1.29 is 10.0 Å². The molecule has 0 radical (unpaired) electrons. The van der Waals surface area contributed by atoms with Crippen molar-refractivity contribution in [1.29, 1.82) is 0 Å². The number of aliphatic hydroxyl groups is 1.